The first-order valence-corrected chi connectivity index (χ1v) is 5.50. The van der Waals surface area contributed by atoms with Gasteiger partial charge in [0, 0.05) is 23.9 Å². The molecule has 0 aromatic heterocycles. The fraction of sp³-hybridized carbons (Fsp3) is 0.500. The van der Waals surface area contributed by atoms with Crippen molar-refractivity contribution in [3.05, 3.63) is 23.8 Å². The van der Waals surface area contributed by atoms with E-state index in [0.29, 0.717) is 11.7 Å². The van der Waals surface area contributed by atoms with Crippen LogP contribution >= 0.6 is 12.4 Å². The second-order valence-electron chi connectivity index (χ2n) is 4.10. The summed E-state index contributed by atoms with van der Waals surface area (Å²) in [5, 5.41) is 3.14. The number of ether oxygens (including phenoxy) is 1. The number of nitrogens with one attached hydrogen (secondary N) is 1. The molecule has 2 rings (SSSR count). The van der Waals surface area contributed by atoms with Gasteiger partial charge in [-0.1, -0.05) is 12.8 Å². The maximum Gasteiger partial charge on any atom is 0.190 e. The Morgan fingerprint density at radius 1 is 1.18 bits per heavy atom. The summed E-state index contributed by atoms with van der Waals surface area (Å²) in [5.74, 6) is -1.65. The molecule has 2 nitrogen and oxygen atoms in total. The third-order valence-electron chi connectivity index (χ3n) is 2.93. The predicted octanol–water partition coefficient (Wildman–Crippen LogP) is 3.75. The van der Waals surface area contributed by atoms with Gasteiger partial charge in [0.05, 0.1) is 7.11 Å². The van der Waals surface area contributed by atoms with Gasteiger partial charge in [0.1, 0.15) is 0 Å². The van der Waals surface area contributed by atoms with Crippen molar-refractivity contribution in [2.75, 3.05) is 12.4 Å². The van der Waals surface area contributed by atoms with Gasteiger partial charge in [-0.05, 0) is 12.8 Å². The smallest absolute Gasteiger partial charge is 0.190 e. The van der Waals surface area contributed by atoms with Crippen molar-refractivity contribution in [1.29, 1.82) is 0 Å². The molecular weight excluding hydrogens is 248 g/mol. The van der Waals surface area contributed by atoms with Crippen LogP contribution in [0, 0.1) is 11.6 Å². The van der Waals surface area contributed by atoms with Crippen LogP contribution in [0.3, 0.4) is 0 Å². The number of hydrogen-bond donors (Lipinski definition) is 1. The Morgan fingerprint density at radius 2 is 1.71 bits per heavy atom. The molecule has 1 saturated carbocycles. The first-order chi connectivity index (χ1) is 7.70. The van der Waals surface area contributed by atoms with E-state index in [4.69, 9.17) is 0 Å². The van der Waals surface area contributed by atoms with Crippen LogP contribution in [0.2, 0.25) is 0 Å². The molecule has 1 N–H and O–H groups in total. The van der Waals surface area contributed by atoms with Gasteiger partial charge in [-0.2, -0.15) is 0 Å². The highest BCUT2D eigenvalue weighted by Gasteiger charge is 2.17. The van der Waals surface area contributed by atoms with Crippen molar-refractivity contribution in [3.8, 4) is 5.75 Å². The minimum Gasteiger partial charge on any atom is -0.491 e. The van der Waals surface area contributed by atoms with E-state index in [0.717, 1.165) is 12.8 Å². The second-order valence-corrected chi connectivity index (χ2v) is 4.10. The zero-order chi connectivity index (χ0) is 11.5. The zero-order valence-corrected chi connectivity index (χ0v) is 10.4. The SMILES string of the molecule is COc1c(F)cc(NC2CCCC2)cc1F.Cl. The number of anilines is 1. The third kappa shape index (κ3) is 3.22. The lowest BCUT2D eigenvalue weighted by atomic mass is 10.2. The molecule has 1 aromatic carbocycles. The summed E-state index contributed by atoms with van der Waals surface area (Å²) in [6.45, 7) is 0. The van der Waals surface area contributed by atoms with Crippen LogP contribution in [-0.2, 0) is 0 Å². The van der Waals surface area contributed by atoms with E-state index in [-0.39, 0.29) is 18.2 Å². The number of hydrogen-bond acceptors (Lipinski definition) is 2. The van der Waals surface area contributed by atoms with Crippen molar-refractivity contribution in [2.45, 2.75) is 31.7 Å². The lowest BCUT2D eigenvalue weighted by molar-refractivity contribution is 0.360. The molecule has 0 unspecified atom stereocenters. The molecule has 17 heavy (non-hydrogen) atoms. The molecule has 0 saturated heterocycles. The van der Waals surface area contributed by atoms with Crippen LogP contribution in [0.25, 0.3) is 0 Å². The average molecular weight is 264 g/mol. The van der Waals surface area contributed by atoms with Crippen LogP contribution < -0.4 is 10.1 Å². The molecule has 1 aromatic rings. The lowest BCUT2D eigenvalue weighted by Crippen LogP contribution is -2.14. The Bertz CT molecular complexity index is 358. The minimum absolute atomic E-state index is 0. The molecule has 1 fully saturated rings. The highest BCUT2D eigenvalue weighted by molar-refractivity contribution is 5.85. The lowest BCUT2D eigenvalue weighted by Gasteiger charge is -2.14. The molecule has 0 amide bonds. The predicted molar refractivity (Wildman–Crippen MR) is 66.0 cm³/mol. The summed E-state index contributed by atoms with van der Waals surface area (Å²) in [6, 6.07) is 2.90. The zero-order valence-electron chi connectivity index (χ0n) is 9.63. The van der Waals surface area contributed by atoms with Crippen LogP contribution in [0.1, 0.15) is 25.7 Å². The summed E-state index contributed by atoms with van der Waals surface area (Å²) in [5.41, 5.74) is 0.489. The van der Waals surface area contributed by atoms with Gasteiger partial charge in [-0.15, -0.1) is 12.4 Å². The molecule has 1 aliphatic carbocycles. The highest BCUT2D eigenvalue weighted by atomic mass is 35.5. The third-order valence-corrected chi connectivity index (χ3v) is 2.93. The molecule has 0 bridgehead atoms. The Balaban J connectivity index is 0.00000144. The van der Waals surface area contributed by atoms with E-state index >= 15 is 0 Å². The molecule has 0 radical (unpaired) electrons. The van der Waals surface area contributed by atoms with Crippen molar-refractivity contribution in [1.82, 2.24) is 0 Å². The van der Waals surface area contributed by atoms with Crippen LogP contribution in [0.5, 0.6) is 5.75 Å². The van der Waals surface area contributed by atoms with E-state index in [1.54, 1.807) is 0 Å². The molecule has 5 heteroatoms. The van der Waals surface area contributed by atoms with Crippen molar-refractivity contribution >= 4 is 18.1 Å². The first-order valence-electron chi connectivity index (χ1n) is 5.50. The largest absolute Gasteiger partial charge is 0.491 e. The first kappa shape index (κ1) is 14.0. The normalized spacial score (nSPS) is 15.5. The summed E-state index contributed by atoms with van der Waals surface area (Å²) < 4.78 is 31.4. The highest BCUT2D eigenvalue weighted by Crippen LogP contribution is 2.28. The summed E-state index contributed by atoms with van der Waals surface area (Å²) in [4.78, 5) is 0. The topological polar surface area (TPSA) is 21.3 Å². The van der Waals surface area contributed by atoms with Gasteiger partial charge < -0.3 is 10.1 Å². The molecule has 0 atom stereocenters. The van der Waals surface area contributed by atoms with Gasteiger partial charge >= 0.3 is 0 Å². The molecule has 0 aliphatic heterocycles. The average Bonchev–Trinajstić information content (AvgIpc) is 2.70. The fourth-order valence-electron chi connectivity index (χ4n) is 2.14. The Morgan fingerprint density at radius 3 is 2.18 bits per heavy atom. The molecule has 0 spiro atoms. The van der Waals surface area contributed by atoms with Gasteiger partial charge in [0.2, 0.25) is 0 Å². The summed E-state index contributed by atoms with van der Waals surface area (Å²) >= 11 is 0. The Kier molecular flexibility index (Phi) is 5.00. The van der Waals surface area contributed by atoms with E-state index in [1.807, 2.05) is 0 Å². The number of methoxy groups -OCH3 is 1. The second kappa shape index (κ2) is 6.05. The quantitative estimate of drug-likeness (QED) is 0.897. The fourth-order valence-corrected chi connectivity index (χ4v) is 2.14. The standard InChI is InChI=1S/C12H15F2NO.ClH/c1-16-12-10(13)6-9(7-11(12)14)15-8-4-2-3-5-8;/h6-8,15H,2-5H2,1H3;1H. The van der Waals surface area contributed by atoms with Crippen molar-refractivity contribution < 1.29 is 13.5 Å². The van der Waals surface area contributed by atoms with E-state index < -0.39 is 11.6 Å². The van der Waals surface area contributed by atoms with Crippen molar-refractivity contribution in [2.24, 2.45) is 0 Å². The monoisotopic (exact) mass is 263 g/mol. The maximum atomic E-state index is 13.4. The molecule has 0 heterocycles. The van der Waals surface area contributed by atoms with E-state index in [2.05, 4.69) is 10.1 Å². The van der Waals surface area contributed by atoms with Crippen molar-refractivity contribution in [3.63, 3.8) is 0 Å². The number of benzene rings is 1. The maximum absolute atomic E-state index is 13.4. The summed E-state index contributed by atoms with van der Waals surface area (Å²) in [7, 11) is 1.26. The Labute approximate surface area is 106 Å². The molecular formula is C12H16ClF2NO. The minimum atomic E-state index is -0.664. The van der Waals surface area contributed by atoms with E-state index in [9.17, 15) is 8.78 Å². The molecule has 1 aliphatic rings. The van der Waals surface area contributed by atoms with Gasteiger partial charge in [0.25, 0.3) is 0 Å². The number of rotatable bonds is 3. The molecule has 96 valence electrons. The Hall–Kier alpha value is -1.03. The summed E-state index contributed by atoms with van der Waals surface area (Å²) in [6.07, 6.45) is 4.49. The van der Waals surface area contributed by atoms with Crippen LogP contribution in [-0.4, -0.2) is 13.2 Å². The van der Waals surface area contributed by atoms with Gasteiger partial charge in [-0.3, -0.25) is 0 Å². The van der Waals surface area contributed by atoms with E-state index in [1.165, 1.54) is 32.1 Å². The van der Waals surface area contributed by atoms with Crippen LogP contribution in [0.4, 0.5) is 14.5 Å². The number of halogens is 3. The van der Waals surface area contributed by atoms with Gasteiger partial charge in [-0.25, -0.2) is 8.78 Å². The van der Waals surface area contributed by atoms with Crippen LogP contribution in [0.15, 0.2) is 12.1 Å². The van der Waals surface area contributed by atoms with Gasteiger partial charge in [0.15, 0.2) is 17.4 Å².